The van der Waals surface area contributed by atoms with Crippen molar-refractivity contribution >= 4 is 34.8 Å². The Balaban J connectivity index is 1.93. The second-order valence-electron chi connectivity index (χ2n) is 8.41. The minimum absolute atomic E-state index is 0.139. The van der Waals surface area contributed by atoms with Gasteiger partial charge in [0.05, 0.1) is 16.5 Å². The number of nitro benzene ring substituents is 1. The monoisotopic (exact) mass is 486 g/mol. The van der Waals surface area contributed by atoms with Gasteiger partial charge in [0.1, 0.15) is 11.5 Å². The van der Waals surface area contributed by atoms with Crippen molar-refractivity contribution in [1.29, 1.82) is 0 Å². The third kappa shape index (κ3) is 4.46. The van der Waals surface area contributed by atoms with Gasteiger partial charge < -0.3 is 9.84 Å². The SMILES string of the molecule is CC(=O)Oc1cccc(C2/C(=C(\O)c3ccc([N+](=O)[O-])cc3)C(=O)C(=O)N2c2ccc(C)c(C)c2)c1. The molecule has 4 rings (SSSR count). The summed E-state index contributed by atoms with van der Waals surface area (Å²) in [5, 5.41) is 22.2. The van der Waals surface area contributed by atoms with Gasteiger partial charge in [0.15, 0.2) is 0 Å². The molecule has 1 atom stereocenters. The maximum atomic E-state index is 13.3. The molecule has 3 aromatic carbocycles. The highest BCUT2D eigenvalue weighted by Gasteiger charge is 2.47. The van der Waals surface area contributed by atoms with Crippen molar-refractivity contribution in [3.05, 3.63) is 105 Å². The normalized spacial score (nSPS) is 16.8. The third-order valence-corrected chi connectivity index (χ3v) is 6.00. The molecule has 0 radical (unpaired) electrons. The van der Waals surface area contributed by atoms with Gasteiger partial charge in [-0.05, 0) is 66.9 Å². The van der Waals surface area contributed by atoms with E-state index in [-0.39, 0.29) is 22.6 Å². The first kappa shape index (κ1) is 24.3. The fraction of sp³-hybridized carbons (Fsp3) is 0.148. The molecular weight excluding hydrogens is 464 g/mol. The topological polar surface area (TPSA) is 127 Å². The Bertz CT molecular complexity index is 1440. The lowest BCUT2D eigenvalue weighted by Crippen LogP contribution is -2.29. The van der Waals surface area contributed by atoms with Crippen LogP contribution in [0.4, 0.5) is 11.4 Å². The van der Waals surface area contributed by atoms with Crippen LogP contribution >= 0.6 is 0 Å². The fourth-order valence-corrected chi connectivity index (χ4v) is 4.10. The summed E-state index contributed by atoms with van der Waals surface area (Å²) >= 11 is 0. The number of aryl methyl sites for hydroxylation is 2. The standard InChI is InChI=1S/C27H22N2O7/c1-15-7-10-21(13-16(15)2)28-24(19-5-4-6-22(14-19)36-17(3)30)23(26(32)27(28)33)25(31)18-8-11-20(12-9-18)29(34)35/h4-14,24,31H,1-3H3/b25-23+. The highest BCUT2D eigenvalue weighted by atomic mass is 16.6. The van der Waals surface area contributed by atoms with E-state index in [1.54, 1.807) is 30.3 Å². The lowest BCUT2D eigenvalue weighted by Gasteiger charge is -2.26. The number of hydrogen-bond donors (Lipinski definition) is 1. The number of Topliss-reactive ketones (excluding diaryl/α,β-unsaturated/α-hetero) is 1. The summed E-state index contributed by atoms with van der Waals surface area (Å²) in [6.45, 7) is 5.05. The van der Waals surface area contributed by atoms with Crippen molar-refractivity contribution in [2.45, 2.75) is 26.8 Å². The molecule has 182 valence electrons. The molecule has 0 spiro atoms. The van der Waals surface area contributed by atoms with Crippen molar-refractivity contribution in [2.75, 3.05) is 4.90 Å². The second kappa shape index (κ2) is 9.46. The van der Waals surface area contributed by atoms with Crippen LogP contribution in [0, 0.1) is 24.0 Å². The van der Waals surface area contributed by atoms with Crippen LogP contribution in [-0.4, -0.2) is 27.7 Å². The molecule has 0 bridgehead atoms. The third-order valence-electron chi connectivity index (χ3n) is 6.00. The maximum Gasteiger partial charge on any atom is 0.308 e. The van der Waals surface area contributed by atoms with Gasteiger partial charge in [-0.2, -0.15) is 0 Å². The van der Waals surface area contributed by atoms with Gasteiger partial charge in [-0.25, -0.2) is 0 Å². The van der Waals surface area contributed by atoms with Gasteiger partial charge in [-0.15, -0.1) is 0 Å². The Morgan fingerprint density at radius 1 is 1.00 bits per heavy atom. The molecule has 0 aromatic heterocycles. The number of carbonyl (C=O) groups excluding carboxylic acids is 3. The van der Waals surface area contributed by atoms with Crippen molar-refractivity contribution in [3.63, 3.8) is 0 Å². The molecule has 9 heteroatoms. The van der Waals surface area contributed by atoms with Crippen LogP contribution in [0.15, 0.2) is 72.3 Å². The summed E-state index contributed by atoms with van der Waals surface area (Å²) in [6.07, 6.45) is 0. The Hall–Kier alpha value is -4.79. The van der Waals surface area contributed by atoms with E-state index < -0.39 is 34.4 Å². The Kier molecular flexibility index (Phi) is 6.39. The number of benzene rings is 3. The van der Waals surface area contributed by atoms with E-state index in [1.807, 2.05) is 19.9 Å². The molecule has 1 N–H and O–H groups in total. The molecule has 1 saturated heterocycles. The molecule has 9 nitrogen and oxygen atoms in total. The van der Waals surface area contributed by atoms with E-state index in [4.69, 9.17) is 4.74 Å². The largest absolute Gasteiger partial charge is 0.507 e. The van der Waals surface area contributed by atoms with Crippen molar-refractivity contribution in [1.82, 2.24) is 0 Å². The lowest BCUT2D eigenvalue weighted by molar-refractivity contribution is -0.384. The molecule has 1 aliphatic heterocycles. The molecule has 1 aliphatic rings. The number of nitrogens with zero attached hydrogens (tertiary/aromatic N) is 2. The number of ether oxygens (including phenoxy) is 1. The number of hydrogen-bond acceptors (Lipinski definition) is 7. The number of amides is 1. The first-order valence-corrected chi connectivity index (χ1v) is 11.0. The molecule has 1 unspecified atom stereocenters. The molecule has 1 heterocycles. The van der Waals surface area contributed by atoms with E-state index in [2.05, 4.69) is 0 Å². The highest BCUT2D eigenvalue weighted by molar-refractivity contribution is 6.51. The zero-order valence-corrected chi connectivity index (χ0v) is 19.7. The molecule has 0 saturated carbocycles. The zero-order chi connectivity index (χ0) is 26.1. The van der Waals surface area contributed by atoms with Gasteiger partial charge in [0.2, 0.25) is 0 Å². The van der Waals surface area contributed by atoms with E-state index in [0.29, 0.717) is 11.3 Å². The van der Waals surface area contributed by atoms with Gasteiger partial charge in [-0.1, -0.05) is 18.2 Å². The van der Waals surface area contributed by atoms with Gasteiger partial charge in [0, 0.05) is 30.3 Å². The average molecular weight is 486 g/mol. The van der Waals surface area contributed by atoms with Crippen molar-refractivity contribution in [2.24, 2.45) is 0 Å². The van der Waals surface area contributed by atoms with Crippen LogP contribution < -0.4 is 9.64 Å². The van der Waals surface area contributed by atoms with Crippen LogP contribution in [0.1, 0.15) is 35.2 Å². The van der Waals surface area contributed by atoms with Gasteiger partial charge >= 0.3 is 5.97 Å². The molecule has 36 heavy (non-hydrogen) atoms. The molecule has 1 fully saturated rings. The van der Waals surface area contributed by atoms with Crippen LogP contribution in [0.25, 0.3) is 5.76 Å². The number of ketones is 1. The molecule has 0 aliphatic carbocycles. The van der Waals surface area contributed by atoms with Crippen molar-refractivity contribution in [3.8, 4) is 5.75 Å². The number of anilines is 1. The summed E-state index contributed by atoms with van der Waals surface area (Å²) in [5.74, 6) is -2.56. The van der Waals surface area contributed by atoms with E-state index in [1.165, 1.54) is 42.2 Å². The number of nitro groups is 1. The highest BCUT2D eigenvalue weighted by Crippen LogP contribution is 2.43. The maximum absolute atomic E-state index is 13.3. The quantitative estimate of drug-likeness (QED) is 0.105. The van der Waals surface area contributed by atoms with Gasteiger partial charge in [-0.3, -0.25) is 29.4 Å². The second-order valence-corrected chi connectivity index (χ2v) is 8.41. The Morgan fingerprint density at radius 2 is 1.69 bits per heavy atom. The van der Waals surface area contributed by atoms with E-state index in [0.717, 1.165) is 11.1 Å². The molecule has 3 aromatic rings. The number of carbonyl (C=O) groups is 3. The smallest absolute Gasteiger partial charge is 0.308 e. The van der Waals surface area contributed by atoms with Crippen LogP contribution in [-0.2, 0) is 14.4 Å². The minimum atomic E-state index is -1.04. The Morgan fingerprint density at radius 3 is 2.31 bits per heavy atom. The van der Waals surface area contributed by atoms with Crippen LogP contribution in [0.2, 0.25) is 0 Å². The average Bonchev–Trinajstić information content (AvgIpc) is 3.10. The molecular formula is C27H22N2O7. The fourth-order valence-electron chi connectivity index (χ4n) is 4.10. The number of non-ortho nitro benzene ring substituents is 1. The first-order chi connectivity index (χ1) is 17.1. The first-order valence-electron chi connectivity index (χ1n) is 11.0. The predicted molar refractivity (Wildman–Crippen MR) is 132 cm³/mol. The number of rotatable bonds is 5. The Labute approximate surface area is 206 Å². The summed E-state index contributed by atoms with van der Waals surface area (Å²) in [6, 6.07) is 15.6. The van der Waals surface area contributed by atoms with E-state index in [9.17, 15) is 29.6 Å². The number of aliphatic hydroxyl groups is 1. The predicted octanol–water partition coefficient (Wildman–Crippen LogP) is 4.76. The van der Waals surface area contributed by atoms with Crippen LogP contribution in [0.5, 0.6) is 5.75 Å². The number of esters is 1. The van der Waals surface area contributed by atoms with E-state index >= 15 is 0 Å². The summed E-state index contributed by atoms with van der Waals surface area (Å²) < 4.78 is 5.19. The van der Waals surface area contributed by atoms with Gasteiger partial charge in [0.25, 0.3) is 17.4 Å². The number of aliphatic hydroxyl groups excluding tert-OH is 1. The summed E-state index contributed by atoms with van der Waals surface area (Å²) in [5.41, 5.74) is 2.53. The molecule has 1 amide bonds. The summed E-state index contributed by atoms with van der Waals surface area (Å²) in [7, 11) is 0. The summed E-state index contributed by atoms with van der Waals surface area (Å²) in [4.78, 5) is 49.8. The zero-order valence-electron chi connectivity index (χ0n) is 19.7. The van der Waals surface area contributed by atoms with Crippen LogP contribution in [0.3, 0.4) is 0 Å². The minimum Gasteiger partial charge on any atom is -0.507 e. The van der Waals surface area contributed by atoms with Crippen molar-refractivity contribution < 1.29 is 29.2 Å². The lowest BCUT2D eigenvalue weighted by atomic mass is 9.94.